The molecular formula is C10H22N2O. The van der Waals surface area contributed by atoms with E-state index >= 15 is 0 Å². The minimum Gasteiger partial charge on any atom is -0.383 e. The van der Waals surface area contributed by atoms with Crippen LogP contribution in [0, 0.1) is 0 Å². The fraction of sp³-hybridized carbons (Fsp3) is 1.00. The molecule has 0 bridgehead atoms. The molecule has 13 heavy (non-hydrogen) atoms. The second kappa shape index (κ2) is 6.35. The molecule has 0 aromatic rings. The topological polar surface area (TPSA) is 24.5 Å². The molecular weight excluding hydrogens is 164 g/mol. The maximum absolute atomic E-state index is 5.08. The van der Waals surface area contributed by atoms with E-state index in [1.165, 1.54) is 25.9 Å². The van der Waals surface area contributed by atoms with Crippen molar-refractivity contribution in [2.24, 2.45) is 0 Å². The van der Waals surface area contributed by atoms with Crippen LogP contribution < -0.4 is 5.32 Å². The molecule has 0 aromatic carbocycles. The maximum atomic E-state index is 5.08. The van der Waals surface area contributed by atoms with Crippen LogP contribution in [0.2, 0.25) is 0 Å². The van der Waals surface area contributed by atoms with Gasteiger partial charge in [-0.2, -0.15) is 0 Å². The van der Waals surface area contributed by atoms with Crippen LogP contribution in [0.15, 0.2) is 0 Å². The largest absolute Gasteiger partial charge is 0.383 e. The highest BCUT2D eigenvalue weighted by atomic mass is 16.5. The quantitative estimate of drug-likeness (QED) is 0.661. The smallest absolute Gasteiger partial charge is 0.0589 e. The SMILES string of the molecule is CCN(CCOC)C[C@@H]1CCCN1. The summed E-state index contributed by atoms with van der Waals surface area (Å²) in [5.74, 6) is 0. The lowest BCUT2D eigenvalue weighted by Gasteiger charge is -2.23. The highest BCUT2D eigenvalue weighted by Crippen LogP contribution is 2.06. The van der Waals surface area contributed by atoms with Crippen LogP contribution in [0.3, 0.4) is 0 Å². The Bertz CT molecular complexity index is 124. The van der Waals surface area contributed by atoms with Gasteiger partial charge in [-0.15, -0.1) is 0 Å². The van der Waals surface area contributed by atoms with Gasteiger partial charge in [-0.05, 0) is 25.9 Å². The minimum absolute atomic E-state index is 0.719. The van der Waals surface area contributed by atoms with Gasteiger partial charge in [-0.3, -0.25) is 4.90 Å². The molecule has 78 valence electrons. The van der Waals surface area contributed by atoms with Crippen LogP contribution >= 0.6 is 0 Å². The van der Waals surface area contributed by atoms with Crippen LogP contribution in [0.25, 0.3) is 0 Å². The van der Waals surface area contributed by atoms with Gasteiger partial charge in [-0.1, -0.05) is 6.92 Å². The molecule has 1 aliphatic rings. The Morgan fingerprint density at radius 3 is 2.92 bits per heavy atom. The Balaban J connectivity index is 2.13. The summed E-state index contributed by atoms with van der Waals surface area (Å²) in [5.41, 5.74) is 0. The predicted octanol–water partition coefficient (Wildman–Crippen LogP) is 0.707. The first-order chi connectivity index (χ1) is 6.36. The van der Waals surface area contributed by atoms with E-state index in [1.807, 2.05) is 0 Å². The monoisotopic (exact) mass is 186 g/mol. The third kappa shape index (κ3) is 4.07. The molecule has 0 aliphatic carbocycles. The molecule has 1 rings (SSSR count). The Labute approximate surface area is 81.4 Å². The standard InChI is InChI=1S/C10H22N2O/c1-3-12(7-8-13-2)9-10-5-4-6-11-10/h10-11H,3-9H2,1-2H3/t10-/m0/s1. The summed E-state index contributed by atoms with van der Waals surface area (Å²) >= 11 is 0. The molecule has 1 heterocycles. The van der Waals surface area contributed by atoms with Gasteiger partial charge >= 0.3 is 0 Å². The van der Waals surface area contributed by atoms with Gasteiger partial charge in [-0.25, -0.2) is 0 Å². The Hall–Kier alpha value is -0.120. The Kier molecular flexibility index (Phi) is 5.35. The molecule has 3 heteroatoms. The molecule has 0 amide bonds. The molecule has 1 N–H and O–H groups in total. The molecule has 1 aliphatic heterocycles. The van der Waals surface area contributed by atoms with Crippen LogP contribution in [0.5, 0.6) is 0 Å². The number of methoxy groups -OCH3 is 1. The molecule has 1 fully saturated rings. The van der Waals surface area contributed by atoms with Crippen molar-refractivity contribution in [3.63, 3.8) is 0 Å². The summed E-state index contributed by atoms with van der Waals surface area (Å²) in [6.45, 7) is 7.63. The summed E-state index contributed by atoms with van der Waals surface area (Å²) in [6, 6.07) is 0.719. The first-order valence-electron chi connectivity index (χ1n) is 5.31. The molecule has 0 aromatic heterocycles. The lowest BCUT2D eigenvalue weighted by atomic mass is 10.2. The number of nitrogens with one attached hydrogen (secondary N) is 1. The van der Waals surface area contributed by atoms with Gasteiger partial charge in [0.15, 0.2) is 0 Å². The second-order valence-electron chi connectivity index (χ2n) is 3.68. The highest BCUT2D eigenvalue weighted by Gasteiger charge is 2.16. The van der Waals surface area contributed by atoms with E-state index in [-0.39, 0.29) is 0 Å². The van der Waals surface area contributed by atoms with E-state index in [0.717, 1.165) is 25.7 Å². The molecule has 0 radical (unpaired) electrons. The van der Waals surface area contributed by atoms with Crippen molar-refractivity contribution in [3.8, 4) is 0 Å². The summed E-state index contributed by atoms with van der Waals surface area (Å²) in [5, 5.41) is 3.52. The van der Waals surface area contributed by atoms with E-state index < -0.39 is 0 Å². The van der Waals surface area contributed by atoms with Crippen LogP contribution in [-0.4, -0.2) is 50.8 Å². The Morgan fingerprint density at radius 2 is 2.38 bits per heavy atom. The van der Waals surface area contributed by atoms with Crippen molar-refractivity contribution in [3.05, 3.63) is 0 Å². The van der Waals surface area contributed by atoms with Gasteiger partial charge in [0.05, 0.1) is 6.61 Å². The second-order valence-corrected chi connectivity index (χ2v) is 3.68. The van der Waals surface area contributed by atoms with Crippen LogP contribution in [0.1, 0.15) is 19.8 Å². The van der Waals surface area contributed by atoms with Crippen molar-refractivity contribution < 1.29 is 4.74 Å². The predicted molar refractivity (Wildman–Crippen MR) is 55.0 cm³/mol. The van der Waals surface area contributed by atoms with Gasteiger partial charge < -0.3 is 10.1 Å². The van der Waals surface area contributed by atoms with Gasteiger partial charge in [0.1, 0.15) is 0 Å². The molecule has 0 saturated carbocycles. The zero-order chi connectivity index (χ0) is 9.52. The molecule has 1 atom stereocenters. The lowest BCUT2D eigenvalue weighted by molar-refractivity contribution is 0.145. The van der Waals surface area contributed by atoms with Crippen molar-refractivity contribution >= 4 is 0 Å². The third-order valence-electron chi connectivity index (χ3n) is 2.70. The molecule has 1 saturated heterocycles. The van der Waals surface area contributed by atoms with E-state index in [4.69, 9.17) is 4.74 Å². The number of rotatable bonds is 6. The summed E-state index contributed by atoms with van der Waals surface area (Å²) in [7, 11) is 1.77. The zero-order valence-electron chi connectivity index (χ0n) is 8.88. The fourth-order valence-corrected chi connectivity index (χ4v) is 1.82. The van der Waals surface area contributed by atoms with E-state index in [9.17, 15) is 0 Å². The van der Waals surface area contributed by atoms with E-state index in [2.05, 4.69) is 17.1 Å². The molecule has 0 spiro atoms. The molecule has 3 nitrogen and oxygen atoms in total. The average molecular weight is 186 g/mol. The Morgan fingerprint density at radius 1 is 1.54 bits per heavy atom. The van der Waals surface area contributed by atoms with Crippen molar-refractivity contribution in [1.82, 2.24) is 10.2 Å². The number of hydrogen-bond donors (Lipinski definition) is 1. The first kappa shape index (κ1) is 11.0. The van der Waals surface area contributed by atoms with Crippen molar-refractivity contribution in [1.29, 1.82) is 0 Å². The number of nitrogens with zero attached hydrogens (tertiary/aromatic N) is 1. The third-order valence-corrected chi connectivity index (χ3v) is 2.70. The summed E-state index contributed by atoms with van der Waals surface area (Å²) in [6.07, 6.45) is 2.68. The summed E-state index contributed by atoms with van der Waals surface area (Å²) < 4.78 is 5.08. The fourth-order valence-electron chi connectivity index (χ4n) is 1.82. The van der Waals surface area contributed by atoms with Gasteiger partial charge in [0.25, 0.3) is 0 Å². The molecule has 0 unspecified atom stereocenters. The average Bonchev–Trinajstić information content (AvgIpc) is 2.64. The number of likely N-dealkylation sites (N-methyl/N-ethyl adjacent to an activating group) is 1. The van der Waals surface area contributed by atoms with Crippen LogP contribution in [-0.2, 0) is 4.74 Å². The lowest BCUT2D eigenvalue weighted by Crippen LogP contribution is -2.38. The van der Waals surface area contributed by atoms with Crippen molar-refractivity contribution in [2.45, 2.75) is 25.8 Å². The maximum Gasteiger partial charge on any atom is 0.0589 e. The highest BCUT2D eigenvalue weighted by molar-refractivity contribution is 4.77. The van der Waals surface area contributed by atoms with Crippen LogP contribution in [0.4, 0.5) is 0 Å². The van der Waals surface area contributed by atoms with E-state index in [0.29, 0.717) is 0 Å². The minimum atomic E-state index is 0.719. The van der Waals surface area contributed by atoms with Gasteiger partial charge in [0, 0.05) is 26.2 Å². The van der Waals surface area contributed by atoms with E-state index in [1.54, 1.807) is 7.11 Å². The zero-order valence-corrected chi connectivity index (χ0v) is 8.88. The first-order valence-corrected chi connectivity index (χ1v) is 5.31. The van der Waals surface area contributed by atoms with Gasteiger partial charge in [0.2, 0.25) is 0 Å². The number of ether oxygens (including phenoxy) is 1. The number of hydrogen-bond acceptors (Lipinski definition) is 3. The normalized spacial score (nSPS) is 22.8. The summed E-state index contributed by atoms with van der Waals surface area (Å²) in [4.78, 5) is 2.45. The van der Waals surface area contributed by atoms with Crippen molar-refractivity contribution in [2.75, 3.05) is 39.9 Å².